The van der Waals surface area contributed by atoms with E-state index in [1.807, 2.05) is 25.1 Å². The number of aryl methyl sites for hydroxylation is 1. The topological polar surface area (TPSA) is 50.4 Å². The number of rotatable bonds is 0. The van der Waals surface area contributed by atoms with Gasteiger partial charge in [-0.05, 0) is 18.6 Å². The fourth-order valence-corrected chi connectivity index (χ4v) is 2.32. The molecule has 16 heavy (non-hydrogen) atoms. The number of hydrogen-bond donors (Lipinski definition) is 2. The first-order chi connectivity index (χ1) is 7.71. The molecule has 2 N–H and O–H groups in total. The molecule has 84 valence electrons. The fourth-order valence-electron chi connectivity index (χ4n) is 2.32. The largest absolute Gasteiger partial charge is 0.378 e. The second-order valence-electron chi connectivity index (χ2n) is 4.46. The van der Waals surface area contributed by atoms with Crippen molar-refractivity contribution in [1.82, 2.24) is 0 Å². The number of fused-ring (bicyclic) bond motifs is 1. The Morgan fingerprint density at radius 1 is 1.44 bits per heavy atom. The third-order valence-electron chi connectivity index (χ3n) is 3.34. The highest BCUT2D eigenvalue weighted by Crippen LogP contribution is 2.36. The van der Waals surface area contributed by atoms with E-state index in [0.717, 1.165) is 23.4 Å². The first kappa shape index (κ1) is 9.66. The highest BCUT2D eigenvalue weighted by molar-refractivity contribution is 6.06. The van der Waals surface area contributed by atoms with Gasteiger partial charge in [0, 0.05) is 13.0 Å². The van der Waals surface area contributed by atoms with Crippen molar-refractivity contribution in [2.24, 2.45) is 0 Å². The van der Waals surface area contributed by atoms with Gasteiger partial charge >= 0.3 is 0 Å². The Bertz CT molecular complexity index is 450. The maximum absolute atomic E-state index is 12.0. The van der Waals surface area contributed by atoms with Gasteiger partial charge in [0.2, 0.25) is 0 Å². The second-order valence-corrected chi connectivity index (χ2v) is 4.46. The maximum atomic E-state index is 12.0. The van der Waals surface area contributed by atoms with Crippen molar-refractivity contribution < 1.29 is 9.53 Å². The van der Waals surface area contributed by atoms with Gasteiger partial charge in [0.15, 0.2) is 0 Å². The molecule has 1 spiro atoms. The van der Waals surface area contributed by atoms with Crippen LogP contribution in [-0.2, 0) is 9.53 Å². The number of carbonyl (C=O) groups excluding carboxylic acids is 1. The molecule has 0 aromatic heterocycles. The summed E-state index contributed by atoms with van der Waals surface area (Å²) in [7, 11) is 0. The van der Waals surface area contributed by atoms with E-state index in [0.29, 0.717) is 13.2 Å². The van der Waals surface area contributed by atoms with Crippen LogP contribution in [0.1, 0.15) is 12.0 Å². The van der Waals surface area contributed by atoms with Gasteiger partial charge in [-0.25, -0.2) is 0 Å². The van der Waals surface area contributed by atoms with Gasteiger partial charge in [0.1, 0.15) is 5.54 Å². The summed E-state index contributed by atoms with van der Waals surface area (Å²) in [5, 5.41) is 6.31. The van der Waals surface area contributed by atoms with Crippen LogP contribution in [-0.4, -0.2) is 24.7 Å². The third-order valence-corrected chi connectivity index (χ3v) is 3.34. The van der Waals surface area contributed by atoms with Crippen LogP contribution in [0.15, 0.2) is 18.2 Å². The molecule has 1 amide bonds. The first-order valence-electron chi connectivity index (χ1n) is 5.48. The van der Waals surface area contributed by atoms with Gasteiger partial charge in [0.05, 0.1) is 18.0 Å². The molecule has 1 saturated heterocycles. The molecule has 1 aromatic carbocycles. The molecule has 1 fully saturated rings. The molecular weight excluding hydrogens is 204 g/mol. The lowest BCUT2D eigenvalue weighted by Gasteiger charge is -2.35. The minimum atomic E-state index is -0.556. The average Bonchev–Trinajstić information content (AvgIpc) is 2.72. The van der Waals surface area contributed by atoms with Crippen molar-refractivity contribution in [1.29, 1.82) is 0 Å². The number of anilines is 2. The van der Waals surface area contributed by atoms with E-state index < -0.39 is 5.54 Å². The quantitative estimate of drug-likeness (QED) is 0.694. The standard InChI is InChI=1S/C12H14N2O2/c1-8-3-2-4-9-10(8)14-12(11(15)13-9)5-6-16-7-12/h2-4,14H,5-7H2,1H3,(H,13,15). The number of nitrogens with one attached hydrogen (secondary N) is 2. The lowest BCUT2D eigenvalue weighted by atomic mass is 9.93. The molecule has 3 rings (SSSR count). The lowest BCUT2D eigenvalue weighted by molar-refractivity contribution is -0.120. The minimum absolute atomic E-state index is 0.0168. The van der Waals surface area contributed by atoms with Crippen LogP contribution in [0.4, 0.5) is 11.4 Å². The zero-order valence-electron chi connectivity index (χ0n) is 9.17. The number of para-hydroxylation sites is 1. The molecule has 0 radical (unpaired) electrons. The molecule has 2 aliphatic heterocycles. The van der Waals surface area contributed by atoms with E-state index >= 15 is 0 Å². The Hall–Kier alpha value is -1.55. The highest BCUT2D eigenvalue weighted by atomic mass is 16.5. The van der Waals surface area contributed by atoms with E-state index in [9.17, 15) is 4.79 Å². The van der Waals surface area contributed by atoms with Crippen LogP contribution >= 0.6 is 0 Å². The fraction of sp³-hybridized carbons (Fsp3) is 0.417. The van der Waals surface area contributed by atoms with Crippen molar-refractivity contribution in [3.63, 3.8) is 0 Å². The monoisotopic (exact) mass is 218 g/mol. The van der Waals surface area contributed by atoms with Crippen LogP contribution in [0.25, 0.3) is 0 Å². The Labute approximate surface area is 94.0 Å². The zero-order chi connectivity index (χ0) is 11.2. The molecule has 4 nitrogen and oxygen atoms in total. The maximum Gasteiger partial charge on any atom is 0.252 e. The van der Waals surface area contributed by atoms with Gasteiger partial charge in [-0.1, -0.05) is 12.1 Å². The summed E-state index contributed by atoms with van der Waals surface area (Å²) in [5.74, 6) is 0.0168. The minimum Gasteiger partial charge on any atom is -0.378 e. The molecule has 1 atom stereocenters. The van der Waals surface area contributed by atoms with Crippen LogP contribution in [0.2, 0.25) is 0 Å². The highest BCUT2D eigenvalue weighted by Gasteiger charge is 2.45. The number of amides is 1. The molecule has 2 aliphatic rings. The van der Waals surface area contributed by atoms with E-state index in [2.05, 4.69) is 10.6 Å². The summed E-state index contributed by atoms with van der Waals surface area (Å²) in [6, 6.07) is 5.89. The van der Waals surface area contributed by atoms with Crippen LogP contribution in [0, 0.1) is 6.92 Å². The Kier molecular flexibility index (Phi) is 1.94. The van der Waals surface area contributed by atoms with E-state index in [1.165, 1.54) is 0 Å². The average molecular weight is 218 g/mol. The summed E-state index contributed by atoms with van der Waals surface area (Å²) in [6.45, 7) is 3.13. The Morgan fingerprint density at radius 2 is 2.31 bits per heavy atom. The van der Waals surface area contributed by atoms with Gasteiger partial charge in [-0.15, -0.1) is 0 Å². The van der Waals surface area contributed by atoms with E-state index in [4.69, 9.17) is 4.74 Å². The zero-order valence-corrected chi connectivity index (χ0v) is 9.17. The van der Waals surface area contributed by atoms with Crippen molar-refractivity contribution in [3.05, 3.63) is 23.8 Å². The number of hydrogen-bond acceptors (Lipinski definition) is 3. The first-order valence-corrected chi connectivity index (χ1v) is 5.48. The Balaban J connectivity index is 2.06. The molecular formula is C12H14N2O2. The molecule has 0 bridgehead atoms. The molecule has 0 saturated carbocycles. The van der Waals surface area contributed by atoms with Crippen molar-refractivity contribution in [2.75, 3.05) is 23.8 Å². The van der Waals surface area contributed by atoms with E-state index in [-0.39, 0.29) is 5.91 Å². The predicted molar refractivity (Wildman–Crippen MR) is 61.6 cm³/mol. The number of benzene rings is 1. The SMILES string of the molecule is Cc1cccc2c1NC1(CCOC1)C(=O)N2. The van der Waals surface area contributed by atoms with Gasteiger partial charge in [-0.3, -0.25) is 4.79 Å². The van der Waals surface area contributed by atoms with Gasteiger partial charge in [-0.2, -0.15) is 0 Å². The summed E-state index contributed by atoms with van der Waals surface area (Å²) in [6.07, 6.45) is 0.729. The summed E-state index contributed by atoms with van der Waals surface area (Å²) >= 11 is 0. The molecule has 0 aliphatic carbocycles. The molecule has 1 aromatic rings. The van der Waals surface area contributed by atoms with Crippen molar-refractivity contribution in [2.45, 2.75) is 18.9 Å². The number of ether oxygens (including phenoxy) is 1. The summed E-state index contributed by atoms with van der Waals surface area (Å²) < 4.78 is 5.34. The Morgan fingerprint density at radius 3 is 3.06 bits per heavy atom. The smallest absolute Gasteiger partial charge is 0.252 e. The molecule has 1 unspecified atom stereocenters. The van der Waals surface area contributed by atoms with Crippen LogP contribution < -0.4 is 10.6 Å². The van der Waals surface area contributed by atoms with Crippen molar-refractivity contribution >= 4 is 17.3 Å². The summed E-state index contributed by atoms with van der Waals surface area (Å²) in [4.78, 5) is 12.0. The second kappa shape index (κ2) is 3.22. The van der Waals surface area contributed by atoms with Gasteiger partial charge in [0.25, 0.3) is 5.91 Å². The van der Waals surface area contributed by atoms with E-state index in [1.54, 1.807) is 0 Å². The van der Waals surface area contributed by atoms with Gasteiger partial charge < -0.3 is 15.4 Å². The van der Waals surface area contributed by atoms with Crippen molar-refractivity contribution in [3.8, 4) is 0 Å². The lowest BCUT2D eigenvalue weighted by Crippen LogP contribution is -2.53. The van der Waals surface area contributed by atoms with Crippen LogP contribution in [0.5, 0.6) is 0 Å². The normalized spacial score (nSPS) is 27.4. The molecule has 4 heteroatoms. The molecule has 2 heterocycles. The predicted octanol–water partition coefficient (Wildman–Crippen LogP) is 1.52. The summed E-state index contributed by atoms with van der Waals surface area (Å²) in [5.41, 5.74) is 2.47. The number of carbonyl (C=O) groups is 1. The third kappa shape index (κ3) is 1.23. The van der Waals surface area contributed by atoms with Crippen LogP contribution in [0.3, 0.4) is 0 Å².